The van der Waals surface area contributed by atoms with Crippen LogP contribution in [-0.4, -0.2) is 10.9 Å². The van der Waals surface area contributed by atoms with Gasteiger partial charge in [-0.1, -0.05) is 93.9 Å². The van der Waals surface area contributed by atoms with Crippen LogP contribution in [0.5, 0.6) is 0 Å². The molecule has 0 bridgehead atoms. The molecule has 0 aliphatic rings. The molecule has 0 aliphatic carbocycles. The summed E-state index contributed by atoms with van der Waals surface area (Å²) >= 11 is 3.29. The number of nitrogens with zero attached hydrogens (tertiary/aromatic N) is 1. The van der Waals surface area contributed by atoms with Gasteiger partial charge >= 0.3 is 0 Å². The maximum Gasteiger partial charge on any atom is 0.255 e. The van der Waals surface area contributed by atoms with Crippen molar-refractivity contribution >= 4 is 45.1 Å². The average Bonchev–Trinajstić information content (AvgIpc) is 3.42. The Morgan fingerprint density at radius 2 is 1.56 bits per heavy atom. The number of anilines is 1. The standard InChI is InChI=1S/C29H25N3OS2.2C2H6/c1-20-9-7-10-21(17-20)18-26(29-31-25-15-5-6-16-27(25)34-29)32-35-24-14-8-13-23(19-24)30-28(33)22-11-3-2-4-12-22;2*1-2/h2-17,19,26,32H,18H2,1H3,(H,30,33);2*1-2H3. The number of hydrogen-bond donors (Lipinski definition) is 2. The Kier molecular flexibility index (Phi) is 12.2. The molecule has 6 heteroatoms. The predicted molar refractivity (Wildman–Crippen MR) is 170 cm³/mol. The number of fused-ring (bicyclic) bond motifs is 1. The summed E-state index contributed by atoms with van der Waals surface area (Å²) in [5, 5.41) is 4.06. The van der Waals surface area contributed by atoms with E-state index < -0.39 is 0 Å². The molecule has 4 nitrogen and oxygen atoms in total. The van der Waals surface area contributed by atoms with Crippen LogP contribution in [0.1, 0.15) is 60.2 Å². The van der Waals surface area contributed by atoms with Crippen LogP contribution in [0.15, 0.2) is 108 Å². The van der Waals surface area contributed by atoms with Crippen LogP contribution in [0.4, 0.5) is 5.69 Å². The van der Waals surface area contributed by atoms with Crippen molar-refractivity contribution in [2.75, 3.05) is 5.32 Å². The zero-order chi connectivity index (χ0) is 28.0. The van der Waals surface area contributed by atoms with Crippen molar-refractivity contribution in [2.24, 2.45) is 0 Å². The van der Waals surface area contributed by atoms with Crippen molar-refractivity contribution in [3.05, 3.63) is 125 Å². The summed E-state index contributed by atoms with van der Waals surface area (Å²) in [6.07, 6.45) is 0.832. The number of para-hydroxylation sites is 1. The first-order chi connectivity index (χ1) is 19.1. The lowest BCUT2D eigenvalue weighted by atomic mass is 10.0. The molecular weight excluding hydrogens is 519 g/mol. The number of carbonyl (C=O) groups is 1. The van der Waals surface area contributed by atoms with Gasteiger partial charge in [-0.25, -0.2) is 9.71 Å². The van der Waals surface area contributed by atoms with E-state index in [1.54, 1.807) is 23.3 Å². The van der Waals surface area contributed by atoms with Crippen molar-refractivity contribution < 1.29 is 4.79 Å². The SMILES string of the molecule is CC.CC.Cc1cccc(CC(NSc2cccc(NC(=O)c3ccccc3)c2)c2nc3ccccc3s2)c1. The van der Waals surface area contributed by atoms with Gasteiger partial charge in [-0.05, 0) is 73.3 Å². The molecule has 0 aliphatic heterocycles. The summed E-state index contributed by atoms with van der Waals surface area (Å²) in [6.45, 7) is 10.1. The highest BCUT2D eigenvalue weighted by atomic mass is 32.2. The van der Waals surface area contributed by atoms with E-state index >= 15 is 0 Å². The second-order valence-corrected chi connectivity index (χ2v) is 10.3. The van der Waals surface area contributed by atoms with Crippen molar-refractivity contribution in [1.29, 1.82) is 0 Å². The van der Waals surface area contributed by atoms with E-state index in [1.165, 1.54) is 15.8 Å². The van der Waals surface area contributed by atoms with Crippen molar-refractivity contribution in [2.45, 2.75) is 52.0 Å². The topological polar surface area (TPSA) is 54.0 Å². The molecule has 39 heavy (non-hydrogen) atoms. The number of aromatic nitrogens is 1. The summed E-state index contributed by atoms with van der Waals surface area (Å²) in [4.78, 5) is 18.5. The van der Waals surface area contributed by atoms with Crippen molar-refractivity contribution in [3.63, 3.8) is 0 Å². The largest absolute Gasteiger partial charge is 0.322 e. The van der Waals surface area contributed by atoms with E-state index in [0.29, 0.717) is 5.56 Å². The number of rotatable bonds is 8. The molecule has 5 rings (SSSR count). The first-order valence-corrected chi connectivity index (χ1v) is 15.1. The smallest absolute Gasteiger partial charge is 0.255 e. The second kappa shape index (κ2) is 15.8. The monoisotopic (exact) mass is 555 g/mol. The van der Waals surface area contributed by atoms with Crippen LogP contribution < -0.4 is 10.0 Å². The minimum atomic E-state index is -0.118. The summed E-state index contributed by atoms with van der Waals surface area (Å²) in [6, 6.07) is 34.0. The number of hydrogen-bond acceptors (Lipinski definition) is 5. The molecule has 5 aromatic rings. The van der Waals surface area contributed by atoms with Gasteiger partial charge in [0.15, 0.2) is 0 Å². The third kappa shape index (κ3) is 8.79. The van der Waals surface area contributed by atoms with Gasteiger partial charge < -0.3 is 5.32 Å². The Labute approximate surface area is 241 Å². The number of thiazole rings is 1. The molecule has 1 unspecified atom stereocenters. The normalized spacial score (nSPS) is 11.0. The number of amides is 1. The molecule has 0 fully saturated rings. The first kappa shape index (κ1) is 30.1. The maximum absolute atomic E-state index is 12.6. The average molecular weight is 556 g/mol. The highest BCUT2D eigenvalue weighted by Gasteiger charge is 2.18. The summed E-state index contributed by atoms with van der Waals surface area (Å²) in [5.41, 5.74) is 4.95. The third-order valence-corrected chi connectivity index (χ3v) is 7.62. The molecule has 2 N–H and O–H groups in total. The van der Waals surface area contributed by atoms with E-state index in [-0.39, 0.29) is 11.9 Å². The number of benzene rings is 4. The van der Waals surface area contributed by atoms with E-state index in [0.717, 1.165) is 27.5 Å². The molecule has 0 spiro atoms. The van der Waals surface area contributed by atoms with Crippen LogP contribution in [-0.2, 0) is 6.42 Å². The minimum Gasteiger partial charge on any atom is -0.322 e. The Balaban J connectivity index is 0.00000100. The molecule has 1 atom stereocenters. The van der Waals surface area contributed by atoms with Crippen LogP contribution in [0, 0.1) is 6.92 Å². The Morgan fingerprint density at radius 3 is 2.31 bits per heavy atom. The lowest BCUT2D eigenvalue weighted by Gasteiger charge is -2.17. The molecule has 0 saturated carbocycles. The predicted octanol–water partition coefficient (Wildman–Crippen LogP) is 9.49. The molecule has 4 aromatic carbocycles. The second-order valence-electron chi connectivity index (χ2n) is 8.33. The van der Waals surface area contributed by atoms with Crippen LogP contribution in [0.25, 0.3) is 10.2 Å². The van der Waals surface area contributed by atoms with Gasteiger partial charge in [0.25, 0.3) is 5.91 Å². The Morgan fingerprint density at radius 1 is 0.846 bits per heavy atom. The highest BCUT2D eigenvalue weighted by molar-refractivity contribution is 7.97. The van der Waals surface area contributed by atoms with Crippen LogP contribution >= 0.6 is 23.3 Å². The summed E-state index contributed by atoms with van der Waals surface area (Å²) < 4.78 is 4.83. The maximum atomic E-state index is 12.6. The van der Waals surface area contributed by atoms with Gasteiger partial charge in [-0.15, -0.1) is 11.3 Å². The molecule has 1 aromatic heterocycles. The molecule has 202 valence electrons. The van der Waals surface area contributed by atoms with Gasteiger partial charge in [-0.3, -0.25) is 4.79 Å². The zero-order valence-corrected chi connectivity index (χ0v) is 24.9. The van der Waals surface area contributed by atoms with Crippen molar-refractivity contribution in [1.82, 2.24) is 9.71 Å². The van der Waals surface area contributed by atoms with E-state index in [1.807, 2.05) is 88.4 Å². The fourth-order valence-electron chi connectivity index (χ4n) is 3.86. The highest BCUT2D eigenvalue weighted by Crippen LogP contribution is 2.31. The van der Waals surface area contributed by atoms with Gasteiger partial charge in [0.05, 0.1) is 16.3 Å². The number of nitrogens with one attached hydrogen (secondary N) is 2. The Hall–Kier alpha value is -3.45. The molecule has 0 saturated heterocycles. The molecular formula is C33H37N3OS2. The minimum absolute atomic E-state index is 0.0433. The van der Waals surface area contributed by atoms with E-state index in [9.17, 15) is 4.79 Å². The number of carbonyl (C=O) groups excluding carboxylic acids is 1. The quantitative estimate of drug-likeness (QED) is 0.187. The zero-order valence-electron chi connectivity index (χ0n) is 23.3. The van der Waals surface area contributed by atoms with Crippen molar-refractivity contribution in [3.8, 4) is 0 Å². The van der Waals surface area contributed by atoms with Gasteiger partial charge in [-0.2, -0.15) is 0 Å². The molecule has 1 amide bonds. The lowest BCUT2D eigenvalue weighted by molar-refractivity contribution is 0.102. The van der Waals surface area contributed by atoms with Gasteiger partial charge in [0.1, 0.15) is 5.01 Å². The van der Waals surface area contributed by atoms with Crippen LogP contribution in [0.3, 0.4) is 0 Å². The first-order valence-electron chi connectivity index (χ1n) is 13.4. The Bertz CT molecular complexity index is 1420. The van der Waals surface area contributed by atoms with Crippen LogP contribution in [0.2, 0.25) is 0 Å². The third-order valence-electron chi connectivity index (χ3n) is 5.58. The molecule has 1 heterocycles. The summed E-state index contributed by atoms with van der Waals surface area (Å²) in [7, 11) is 0. The fraction of sp³-hybridized carbons (Fsp3) is 0.212. The summed E-state index contributed by atoms with van der Waals surface area (Å²) in [5.74, 6) is -0.118. The van der Waals surface area contributed by atoms with E-state index in [2.05, 4.69) is 59.4 Å². The fourth-order valence-corrected chi connectivity index (χ4v) is 5.76. The van der Waals surface area contributed by atoms with Gasteiger partial charge in [0.2, 0.25) is 0 Å². The van der Waals surface area contributed by atoms with E-state index in [4.69, 9.17) is 4.98 Å². The lowest BCUT2D eigenvalue weighted by Crippen LogP contribution is -2.17. The van der Waals surface area contributed by atoms with Gasteiger partial charge in [0, 0.05) is 16.1 Å². The number of aryl methyl sites for hydroxylation is 1. The molecule has 0 radical (unpaired) electrons.